The molecule has 0 saturated carbocycles. The number of nitrogens with zero attached hydrogens (tertiary/aromatic N) is 2. The van der Waals surface area contributed by atoms with Gasteiger partial charge < -0.3 is 5.32 Å². The standard InChI is InChI=1S/C29H31N3O3/c1-3-4-7-17-30-27(33)19-22-13-15-24(16-14-22)32-28(34)25-11-5-6-12-26(25)31(29(32)35)20-23-10-8-9-21(2)18-23/h5-6,8-16,18H,3-4,7,17,19-20H2,1-2H3,(H,30,33). The summed E-state index contributed by atoms with van der Waals surface area (Å²) in [6, 6.07) is 22.2. The Morgan fingerprint density at radius 1 is 0.886 bits per heavy atom. The zero-order valence-corrected chi connectivity index (χ0v) is 20.3. The minimum Gasteiger partial charge on any atom is -0.356 e. The summed E-state index contributed by atoms with van der Waals surface area (Å²) in [5.74, 6) is -0.0303. The highest BCUT2D eigenvalue weighted by atomic mass is 16.2. The summed E-state index contributed by atoms with van der Waals surface area (Å²) in [6.07, 6.45) is 3.44. The maximum Gasteiger partial charge on any atom is 0.336 e. The molecule has 6 nitrogen and oxygen atoms in total. The number of amides is 1. The predicted octanol–water partition coefficient (Wildman–Crippen LogP) is 4.36. The van der Waals surface area contributed by atoms with Crippen LogP contribution in [0.5, 0.6) is 0 Å². The molecule has 6 heteroatoms. The van der Waals surface area contributed by atoms with Crippen molar-refractivity contribution < 1.29 is 4.79 Å². The smallest absolute Gasteiger partial charge is 0.336 e. The molecule has 4 rings (SSSR count). The Labute approximate surface area is 204 Å². The number of hydrogen-bond donors (Lipinski definition) is 1. The van der Waals surface area contributed by atoms with Gasteiger partial charge in [0, 0.05) is 6.54 Å². The number of fused-ring (bicyclic) bond motifs is 1. The van der Waals surface area contributed by atoms with E-state index < -0.39 is 5.69 Å². The molecule has 1 amide bonds. The van der Waals surface area contributed by atoms with Crippen molar-refractivity contribution in [2.75, 3.05) is 6.54 Å². The third-order valence-corrected chi connectivity index (χ3v) is 6.14. The van der Waals surface area contributed by atoms with Crippen molar-refractivity contribution in [3.63, 3.8) is 0 Å². The number of aryl methyl sites for hydroxylation is 1. The van der Waals surface area contributed by atoms with Gasteiger partial charge in [0.2, 0.25) is 5.91 Å². The first kappa shape index (κ1) is 24.2. The van der Waals surface area contributed by atoms with E-state index in [1.807, 2.05) is 37.3 Å². The second-order valence-electron chi connectivity index (χ2n) is 8.92. The van der Waals surface area contributed by atoms with E-state index in [1.165, 1.54) is 4.57 Å². The average molecular weight is 470 g/mol. The molecule has 180 valence electrons. The van der Waals surface area contributed by atoms with E-state index in [0.29, 0.717) is 29.7 Å². The highest BCUT2D eigenvalue weighted by Crippen LogP contribution is 2.14. The van der Waals surface area contributed by atoms with E-state index in [4.69, 9.17) is 0 Å². The van der Waals surface area contributed by atoms with Crippen LogP contribution in [0, 0.1) is 6.92 Å². The van der Waals surface area contributed by atoms with Gasteiger partial charge in [-0.25, -0.2) is 9.36 Å². The predicted molar refractivity (Wildman–Crippen MR) is 140 cm³/mol. The molecule has 0 saturated heterocycles. The normalized spacial score (nSPS) is 11.0. The molecule has 0 aliphatic heterocycles. The number of carbonyl (C=O) groups is 1. The van der Waals surface area contributed by atoms with Crippen molar-refractivity contribution in [1.82, 2.24) is 14.5 Å². The van der Waals surface area contributed by atoms with E-state index in [0.717, 1.165) is 36.0 Å². The van der Waals surface area contributed by atoms with Crippen molar-refractivity contribution in [3.8, 4) is 5.69 Å². The second kappa shape index (κ2) is 11.0. The fourth-order valence-electron chi connectivity index (χ4n) is 4.31. The zero-order chi connectivity index (χ0) is 24.8. The molecule has 4 aromatic rings. The Hall–Kier alpha value is -3.93. The fraction of sp³-hybridized carbons (Fsp3) is 0.276. The van der Waals surface area contributed by atoms with E-state index in [9.17, 15) is 14.4 Å². The minimum absolute atomic E-state index is 0.0303. The van der Waals surface area contributed by atoms with Crippen molar-refractivity contribution in [2.45, 2.75) is 46.1 Å². The van der Waals surface area contributed by atoms with E-state index in [-0.39, 0.29) is 17.9 Å². The number of hydrogen-bond acceptors (Lipinski definition) is 3. The molecule has 0 radical (unpaired) electrons. The highest BCUT2D eigenvalue weighted by molar-refractivity contribution is 5.79. The first-order chi connectivity index (χ1) is 17.0. The van der Waals surface area contributed by atoms with Crippen LogP contribution in [0.2, 0.25) is 0 Å². The number of para-hydroxylation sites is 1. The van der Waals surface area contributed by atoms with Crippen molar-refractivity contribution in [3.05, 3.63) is 110 Å². The summed E-state index contributed by atoms with van der Waals surface area (Å²) in [5, 5.41) is 3.42. The van der Waals surface area contributed by atoms with Crippen LogP contribution in [0.15, 0.2) is 82.4 Å². The molecule has 0 spiro atoms. The van der Waals surface area contributed by atoms with Gasteiger partial charge in [0.1, 0.15) is 0 Å². The zero-order valence-electron chi connectivity index (χ0n) is 20.3. The number of carbonyl (C=O) groups excluding carboxylic acids is 1. The van der Waals surface area contributed by atoms with Crippen molar-refractivity contribution >= 4 is 16.8 Å². The summed E-state index contributed by atoms with van der Waals surface area (Å²) in [6.45, 7) is 5.18. The fourth-order valence-corrected chi connectivity index (χ4v) is 4.31. The lowest BCUT2D eigenvalue weighted by molar-refractivity contribution is -0.120. The quantitative estimate of drug-likeness (QED) is 0.370. The molecule has 1 N–H and O–H groups in total. The van der Waals surface area contributed by atoms with E-state index in [2.05, 4.69) is 12.2 Å². The summed E-state index contributed by atoms with van der Waals surface area (Å²) >= 11 is 0. The van der Waals surface area contributed by atoms with Gasteiger partial charge >= 0.3 is 5.69 Å². The molecule has 3 aromatic carbocycles. The lowest BCUT2D eigenvalue weighted by Crippen LogP contribution is -2.39. The molecule has 0 unspecified atom stereocenters. The van der Waals surface area contributed by atoms with Crippen molar-refractivity contribution in [1.29, 1.82) is 0 Å². The monoisotopic (exact) mass is 469 g/mol. The molecular formula is C29H31N3O3. The van der Waals surface area contributed by atoms with Gasteiger partial charge in [-0.3, -0.25) is 14.2 Å². The van der Waals surface area contributed by atoms with Crippen LogP contribution in [0.4, 0.5) is 0 Å². The Balaban J connectivity index is 1.67. The van der Waals surface area contributed by atoms with Crippen LogP contribution in [0.25, 0.3) is 16.6 Å². The molecule has 0 aliphatic carbocycles. The largest absolute Gasteiger partial charge is 0.356 e. The molecule has 0 bridgehead atoms. The van der Waals surface area contributed by atoms with Crippen LogP contribution in [-0.4, -0.2) is 21.6 Å². The Morgan fingerprint density at radius 2 is 1.66 bits per heavy atom. The van der Waals surface area contributed by atoms with Crippen LogP contribution >= 0.6 is 0 Å². The molecule has 35 heavy (non-hydrogen) atoms. The highest BCUT2D eigenvalue weighted by Gasteiger charge is 2.15. The van der Waals surface area contributed by atoms with Gasteiger partial charge in [-0.05, 0) is 48.7 Å². The molecule has 0 atom stereocenters. The summed E-state index contributed by atoms with van der Waals surface area (Å²) in [5.41, 5.74) is 3.27. The van der Waals surface area contributed by atoms with Crippen LogP contribution < -0.4 is 16.6 Å². The summed E-state index contributed by atoms with van der Waals surface area (Å²) < 4.78 is 2.86. The van der Waals surface area contributed by atoms with Gasteiger partial charge in [-0.1, -0.05) is 73.9 Å². The SMILES string of the molecule is CCCCCNC(=O)Cc1ccc(-n2c(=O)c3ccccc3n(Cc3cccc(C)c3)c2=O)cc1. The molecule has 1 heterocycles. The summed E-state index contributed by atoms with van der Waals surface area (Å²) in [7, 11) is 0. The van der Waals surface area contributed by atoms with E-state index >= 15 is 0 Å². The van der Waals surface area contributed by atoms with Gasteiger partial charge in [0.15, 0.2) is 0 Å². The number of unbranched alkanes of at least 4 members (excludes halogenated alkanes) is 2. The number of aromatic nitrogens is 2. The summed E-state index contributed by atoms with van der Waals surface area (Å²) in [4.78, 5) is 39.1. The number of rotatable bonds is 9. The van der Waals surface area contributed by atoms with Gasteiger partial charge in [-0.2, -0.15) is 0 Å². The molecular weight excluding hydrogens is 438 g/mol. The maximum atomic E-state index is 13.6. The topological polar surface area (TPSA) is 73.1 Å². The van der Waals surface area contributed by atoms with Crippen LogP contribution in [0.3, 0.4) is 0 Å². The Morgan fingerprint density at radius 3 is 2.40 bits per heavy atom. The Kier molecular flexibility index (Phi) is 7.60. The average Bonchev–Trinajstić information content (AvgIpc) is 2.86. The molecule has 0 fully saturated rings. The Bertz CT molecular complexity index is 1450. The lowest BCUT2D eigenvalue weighted by Gasteiger charge is -2.15. The van der Waals surface area contributed by atoms with E-state index in [1.54, 1.807) is 47.0 Å². The number of nitrogens with one attached hydrogen (secondary N) is 1. The third-order valence-electron chi connectivity index (χ3n) is 6.14. The van der Waals surface area contributed by atoms with Gasteiger partial charge in [-0.15, -0.1) is 0 Å². The van der Waals surface area contributed by atoms with Crippen LogP contribution in [-0.2, 0) is 17.8 Å². The molecule has 1 aromatic heterocycles. The maximum absolute atomic E-state index is 13.6. The minimum atomic E-state index is -0.392. The van der Waals surface area contributed by atoms with Gasteiger partial charge in [0.05, 0.1) is 29.6 Å². The molecule has 0 aliphatic rings. The first-order valence-corrected chi connectivity index (χ1v) is 12.1. The van der Waals surface area contributed by atoms with Crippen molar-refractivity contribution in [2.24, 2.45) is 0 Å². The third kappa shape index (κ3) is 5.60. The second-order valence-corrected chi connectivity index (χ2v) is 8.92. The van der Waals surface area contributed by atoms with Crippen LogP contribution in [0.1, 0.15) is 42.9 Å². The van der Waals surface area contributed by atoms with Gasteiger partial charge in [0.25, 0.3) is 5.56 Å². The lowest BCUT2D eigenvalue weighted by atomic mass is 10.1. The first-order valence-electron chi connectivity index (χ1n) is 12.1. The number of benzene rings is 3.